The lowest BCUT2D eigenvalue weighted by molar-refractivity contribution is -0.129. The van der Waals surface area contributed by atoms with Gasteiger partial charge in [-0.3, -0.25) is 4.79 Å². The van der Waals surface area contributed by atoms with E-state index in [0.29, 0.717) is 39.4 Å². The standard InChI is InChI=1S/C13H24N2O5S/c1-11(16)12-2-4-14(10-12)13(17)3-9-21(18,19)15-5-7-20-8-6-15/h11-12,16H,2-10H2,1H3. The van der Waals surface area contributed by atoms with Crippen LogP contribution in [0.1, 0.15) is 19.8 Å². The van der Waals surface area contributed by atoms with Crippen molar-refractivity contribution in [3.63, 3.8) is 0 Å². The minimum absolute atomic E-state index is 0.00617. The predicted molar refractivity (Wildman–Crippen MR) is 77.2 cm³/mol. The summed E-state index contributed by atoms with van der Waals surface area (Å²) in [6.45, 7) is 4.40. The summed E-state index contributed by atoms with van der Waals surface area (Å²) in [4.78, 5) is 13.7. The molecule has 8 heteroatoms. The fraction of sp³-hybridized carbons (Fsp3) is 0.923. The zero-order valence-corrected chi connectivity index (χ0v) is 13.2. The number of nitrogens with zero attached hydrogens (tertiary/aromatic N) is 2. The highest BCUT2D eigenvalue weighted by Gasteiger charge is 2.30. The highest BCUT2D eigenvalue weighted by molar-refractivity contribution is 7.89. The van der Waals surface area contributed by atoms with Crippen molar-refractivity contribution in [1.29, 1.82) is 0 Å². The Bertz CT molecular complexity index is 459. The first-order valence-corrected chi connectivity index (χ1v) is 9.02. The van der Waals surface area contributed by atoms with E-state index in [1.165, 1.54) is 4.31 Å². The van der Waals surface area contributed by atoms with E-state index in [9.17, 15) is 18.3 Å². The summed E-state index contributed by atoms with van der Waals surface area (Å²) in [6, 6.07) is 0. The van der Waals surface area contributed by atoms with Gasteiger partial charge in [0.15, 0.2) is 0 Å². The zero-order valence-electron chi connectivity index (χ0n) is 12.4. The van der Waals surface area contributed by atoms with Crippen LogP contribution in [0, 0.1) is 5.92 Å². The quantitative estimate of drug-likeness (QED) is 0.721. The summed E-state index contributed by atoms with van der Waals surface area (Å²) in [5.41, 5.74) is 0. The lowest BCUT2D eigenvalue weighted by Crippen LogP contribution is -2.42. The fourth-order valence-corrected chi connectivity index (χ4v) is 4.13. The van der Waals surface area contributed by atoms with Gasteiger partial charge in [-0.15, -0.1) is 0 Å². The molecular formula is C13H24N2O5S. The van der Waals surface area contributed by atoms with Gasteiger partial charge >= 0.3 is 0 Å². The number of carbonyl (C=O) groups excluding carboxylic acids is 1. The maximum atomic E-state index is 12.1. The molecule has 0 aromatic carbocycles. The van der Waals surface area contributed by atoms with Crippen LogP contribution in [0.5, 0.6) is 0 Å². The van der Waals surface area contributed by atoms with Crippen molar-refractivity contribution < 1.29 is 23.1 Å². The zero-order chi connectivity index (χ0) is 15.5. The second-order valence-electron chi connectivity index (χ2n) is 5.71. The Morgan fingerprint density at radius 2 is 2.00 bits per heavy atom. The fourth-order valence-electron chi connectivity index (χ4n) is 2.74. The van der Waals surface area contributed by atoms with Crippen molar-refractivity contribution in [2.75, 3.05) is 45.1 Å². The summed E-state index contributed by atoms with van der Waals surface area (Å²) < 4.78 is 30.8. The highest BCUT2D eigenvalue weighted by Crippen LogP contribution is 2.20. The van der Waals surface area contributed by atoms with Gasteiger partial charge in [-0.25, -0.2) is 8.42 Å². The summed E-state index contributed by atoms with van der Waals surface area (Å²) in [7, 11) is -3.38. The number of aliphatic hydroxyl groups is 1. The van der Waals surface area contributed by atoms with Gasteiger partial charge in [-0.1, -0.05) is 0 Å². The molecule has 0 aromatic rings. The van der Waals surface area contributed by atoms with Crippen LogP contribution in [0.2, 0.25) is 0 Å². The van der Waals surface area contributed by atoms with E-state index in [0.717, 1.165) is 6.42 Å². The third kappa shape index (κ3) is 4.38. The molecule has 2 rings (SSSR count). The maximum absolute atomic E-state index is 12.1. The van der Waals surface area contributed by atoms with Crippen LogP contribution in [0.4, 0.5) is 0 Å². The molecule has 2 aliphatic heterocycles. The molecule has 0 aliphatic carbocycles. The number of hydrogen-bond acceptors (Lipinski definition) is 5. The number of morpholine rings is 1. The third-order valence-corrected chi connectivity index (χ3v) is 6.07. The molecule has 21 heavy (non-hydrogen) atoms. The van der Waals surface area contributed by atoms with Gasteiger partial charge in [0.1, 0.15) is 0 Å². The van der Waals surface area contributed by atoms with E-state index in [-0.39, 0.29) is 24.0 Å². The first kappa shape index (κ1) is 16.7. The molecule has 2 heterocycles. The van der Waals surface area contributed by atoms with E-state index in [4.69, 9.17) is 4.74 Å². The third-order valence-electron chi connectivity index (χ3n) is 4.20. The monoisotopic (exact) mass is 320 g/mol. The SMILES string of the molecule is CC(O)C1CCN(C(=O)CCS(=O)(=O)N2CCOCC2)C1. The van der Waals surface area contributed by atoms with Crippen molar-refractivity contribution in [3.05, 3.63) is 0 Å². The number of ether oxygens (including phenoxy) is 1. The number of amides is 1. The van der Waals surface area contributed by atoms with Crippen molar-refractivity contribution in [2.45, 2.75) is 25.9 Å². The Morgan fingerprint density at radius 1 is 1.33 bits per heavy atom. The molecule has 0 saturated carbocycles. The maximum Gasteiger partial charge on any atom is 0.223 e. The van der Waals surface area contributed by atoms with E-state index in [2.05, 4.69) is 0 Å². The number of sulfonamides is 1. The van der Waals surface area contributed by atoms with Gasteiger partial charge in [0.25, 0.3) is 0 Å². The molecule has 0 aromatic heterocycles. The molecule has 1 amide bonds. The molecule has 0 radical (unpaired) electrons. The minimum atomic E-state index is -3.38. The molecule has 1 N–H and O–H groups in total. The van der Waals surface area contributed by atoms with Crippen LogP contribution >= 0.6 is 0 Å². The van der Waals surface area contributed by atoms with Crippen molar-refractivity contribution in [3.8, 4) is 0 Å². The first-order valence-electron chi connectivity index (χ1n) is 7.41. The Hall–Kier alpha value is -0.700. The molecule has 2 fully saturated rings. The number of hydrogen-bond donors (Lipinski definition) is 1. The van der Waals surface area contributed by atoms with Crippen LogP contribution in [0.25, 0.3) is 0 Å². The molecule has 2 unspecified atom stereocenters. The molecule has 7 nitrogen and oxygen atoms in total. The van der Waals surface area contributed by atoms with E-state index < -0.39 is 16.1 Å². The highest BCUT2D eigenvalue weighted by atomic mass is 32.2. The lowest BCUT2D eigenvalue weighted by atomic mass is 10.0. The van der Waals surface area contributed by atoms with Crippen molar-refractivity contribution >= 4 is 15.9 Å². The first-order chi connectivity index (χ1) is 9.90. The number of likely N-dealkylation sites (tertiary alicyclic amines) is 1. The van der Waals surface area contributed by atoms with Crippen LogP contribution in [0.15, 0.2) is 0 Å². The molecule has 0 spiro atoms. The second kappa shape index (κ2) is 7.04. The number of rotatable bonds is 5. The van der Waals surface area contributed by atoms with Gasteiger partial charge in [-0.05, 0) is 13.3 Å². The topological polar surface area (TPSA) is 87.2 Å². The predicted octanol–water partition coefficient (Wildman–Crippen LogP) is -0.732. The smallest absolute Gasteiger partial charge is 0.223 e. The van der Waals surface area contributed by atoms with E-state index in [1.54, 1.807) is 11.8 Å². The van der Waals surface area contributed by atoms with Crippen molar-refractivity contribution in [1.82, 2.24) is 9.21 Å². The van der Waals surface area contributed by atoms with Gasteiger partial charge in [0.05, 0.1) is 25.1 Å². The van der Waals surface area contributed by atoms with Gasteiger partial charge < -0.3 is 14.7 Å². The normalized spacial score (nSPS) is 26.0. The summed E-state index contributed by atoms with van der Waals surface area (Å²) >= 11 is 0. The van der Waals surface area contributed by atoms with Crippen molar-refractivity contribution in [2.24, 2.45) is 5.92 Å². The average Bonchev–Trinajstić information content (AvgIpc) is 2.96. The van der Waals surface area contributed by atoms with Gasteiger partial charge in [0, 0.05) is 38.5 Å². The molecule has 2 aliphatic rings. The number of aliphatic hydroxyl groups excluding tert-OH is 1. The Kier molecular flexibility index (Phi) is 5.59. The minimum Gasteiger partial charge on any atom is -0.393 e. The average molecular weight is 320 g/mol. The summed E-state index contributed by atoms with van der Waals surface area (Å²) in [6.07, 6.45) is 0.353. The molecule has 2 saturated heterocycles. The summed E-state index contributed by atoms with van der Waals surface area (Å²) in [5.74, 6) is -0.193. The lowest BCUT2D eigenvalue weighted by Gasteiger charge is -2.26. The Balaban J connectivity index is 1.81. The van der Waals surface area contributed by atoms with Crippen LogP contribution in [0.3, 0.4) is 0 Å². The molecule has 2 atom stereocenters. The van der Waals surface area contributed by atoms with Gasteiger partial charge in [0.2, 0.25) is 15.9 Å². The second-order valence-corrected chi connectivity index (χ2v) is 7.80. The largest absolute Gasteiger partial charge is 0.393 e. The Labute approximate surface area is 125 Å². The van der Waals surface area contributed by atoms with Gasteiger partial charge in [-0.2, -0.15) is 4.31 Å². The Morgan fingerprint density at radius 3 is 2.57 bits per heavy atom. The van der Waals surface area contributed by atoms with Crippen LogP contribution < -0.4 is 0 Å². The number of carbonyl (C=O) groups is 1. The van der Waals surface area contributed by atoms with E-state index >= 15 is 0 Å². The van der Waals surface area contributed by atoms with E-state index in [1.807, 2.05) is 0 Å². The van der Waals surface area contributed by atoms with Crippen LogP contribution in [-0.2, 0) is 19.6 Å². The molecule has 122 valence electrons. The molecular weight excluding hydrogens is 296 g/mol. The summed E-state index contributed by atoms with van der Waals surface area (Å²) in [5, 5.41) is 9.53. The van der Waals surface area contributed by atoms with Crippen LogP contribution in [-0.4, -0.2) is 79.9 Å². The molecule has 0 bridgehead atoms.